The first-order valence-electron chi connectivity index (χ1n) is 4.11. The highest BCUT2D eigenvalue weighted by atomic mass is 16.4. The first-order chi connectivity index (χ1) is 6.04. The van der Waals surface area contributed by atoms with Crippen molar-refractivity contribution in [1.82, 2.24) is 4.90 Å². The summed E-state index contributed by atoms with van der Waals surface area (Å²) in [7, 11) is 0. The number of carboxylic acids is 1. The standard InChI is InChI=1S/C8H11NO4/c1-5(8(12)13)9-6(10)3-2-4-7(9)11/h5H,2-4H2,1H3,(H,12,13). The number of amides is 2. The van der Waals surface area contributed by atoms with Crippen LogP contribution in [0.25, 0.3) is 0 Å². The van der Waals surface area contributed by atoms with E-state index in [0.717, 1.165) is 4.90 Å². The summed E-state index contributed by atoms with van der Waals surface area (Å²) in [5.41, 5.74) is 0. The molecule has 0 radical (unpaired) electrons. The number of piperidine rings is 1. The van der Waals surface area contributed by atoms with Crippen LogP contribution in [0, 0.1) is 0 Å². The van der Waals surface area contributed by atoms with E-state index in [9.17, 15) is 14.4 Å². The number of carbonyl (C=O) groups excluding carboxylic acids is 2. The van der Waals surface area contributed by atoms with E-state index in [-0.39, 0.29) is 24.7 Å². The second-order valence-electron chi connectivity index (χ2n) is 3.03. The minimum atomic E-state index is -1.15. The van der Waals surface area contributed by atoms with E-state index in [0.29, 0.717) is 6.42 Å². The molecule has 1 fully saturated rings. The Morgan fingerprint density at radius 1 is 1.38 bits per heavy atom. The zero-order valence-electron chi connectivity index (χ0n) is 7.32. The van der Waals surface area contributed by atoms with E-state index in [4.69, 9.17) is 5.11 Å². The van der Waals surface area contributed by atoms with Crippen LogP contribution in [0.5, 0.6) is 0 Å². The molecule has 1 aliphatic rings. The van der Waals surface area contributed by atoms with E-state index in [2.05, 4.69) is 0 Å². The monoisotopic (exact) mass is 185 g/mol. The summed E-state index contributed by atoms with van der Waals surface area (Å²) in [6.07, 6.45) is 1.06. The number of likely N-dealkylation sites (tertiary alicyclic amines) is 1. The maximum atomic E-state index is 11.2. The Kier molecular flexibility index (Phi) is 2.65. The van der Waals surface area contributed by atoms with Gasteiger partial charge in [0, 0.05) is 12.8 Å². The fourth-order valence-corrected chi connectivity index (χ4v) is 1.31. The highest BCUT2D eigenvalue weighted by Crippen LogP contribution is 2.15. The van der Waals surface area contributed by atoms with Crippen LogP contribution < -0.4 is 0 Å². The Labute approximate surface area is 75.3 Å². The van der Waals surface area contributed by atoms with Gasteiger partial charge < -0.3 is 5.11 Å². The topological polar surface area (TPSA) is 74.7 Å². The van der Waals surface area contributed by atoms with Gasteiger partial charge in [0.25, 0.3) is 0 Å². The Morgan fingerprint density at radius 3 is 2.23 bits per heavy atom. The number of hydrogen-bond acceptors (Lipinski definition) is 3. The molecule has 0 aromatic rings. The first kappa shape index (κ1) is 9.70. The van der Waals surface area contributed by atoms with Crippen molar-refractivity contribution in [2.24, 2.45) is 0 Å². The third-order valence-electron chi connectivity index (χ3n) is 2.06. The predicted molar refractivity (Wildman–Crippen MR) is 42.8 cm³/mol. The maximum Gasteiger partial charge on any atom is 0.326 e. The number of aliphatic carboxylic acids is 1. The quantitative estimate of drug-likeness (QED) is 0.614. The number of carboxylic acid groups (broad SMARTS) is 1. The molecule has 1 saturated heterocycles. The maximum absolute atomic E-state index is 11.2. The number of carbonyl (C=O) groups is 3. The van der Waals surface area contributed by atoms with Crippen LogP contribution in [0.3, 0.4) is 0 Å². The number of rotatable bonds is 2. The second-order valence-corrected chi connectivity index (χ2v) is 3.03. The summed E-state index contributed by atoms with van der Waals surface area (Å²) in [4.78, 5) is 33.8. The van der Waals surface area contributed by atoms with Crippen molar-refractivity contribution >= 4 is 17.8 Å². The van der Waals surface area contributed by atoms with E-state index in [1.54, 1.807) is 0 Å². The Hall–Kier alpha value is -1.39. The molecule has 0 aromatic heterocycles. The van der Waals surface area contributed by atoms with E-state index >= 15 is 0 Å². The van der Waals surface area contributed by atoms with Crippen molar-refractivity contribution < 1.29 is 19.5 Å². The van der Waals surface area contributed by atoms with Crippen LogP contribution in [0.4, 0.5) is 0 Å². The minimum Gasteiger partial charge on any atom is -0.480 e. The van der Waals surface area contributed by atoms with Gasteiger partial charge >= 0.3 is 5.97 Å². The molecular weight excluding hydrogens is 174 g/mol. The molecule has 0 aromatic carbocycles. The molecule has 72 valence electrons. The molecule has 0 bridgehead atoms. The van der Waals surface area contributed by atoms with E-state index in [1.165, 1.54) is 6.92 Å². The van der Waals surface area contributed by atoms with Crippen molar-refractivity contribution in [1.29, 1.82) is 0 Å². The lowest BCUT2D eigenvalue weighted by Gasteiger charge is -2.27. The molecule has 1 rings (SSSR count). The van der Waals surface area contributed by atoms with Crippen molar-refractivity contribution in [3.63, 3.8) is 0 Å². The molecule has 0 saturated carbocycles. The average Bonchev–Trinajstić information content (AvgIpc) is 2.03. The van der Waals surface area contributed by atoms with Crippen LogP contribution in [0.15, 0.2) is 0 Å². The van der Waals surface area contributed by atoms with Crippen LogP contribution in [-0.4, -0.2) is 33.8 Å². The SMILES string of the molecule is CC(C(=O)O)N1C(=O)CCCC1=O. The average molecular weight is 185 g/mol. The Morgan fingerprint density at radius 2 is 1.85 bits per heavy atom. The van der Waals surface area contributed by atoms with Gasteiger partial charge in [0.1, 0.15) is 6.04 Å². The van der Waals surface area contributed by atoms with Gasteiger partial charge in [-0.1, -0.05) is 0 Å². The summed E-state index contributed by atoms with van der Waals surface area (Å²) < 4.78 is 0. The zero-order valence-corrected chi connectivity index (χ0v) is 7.32. The first-order valence-corrected chi connectivity index (χ1v) is 4.11. The molecule has 1 N–H and O–H groups in total. The van der Waals surface area contributed by atoms with Crippen LogP contribution in [0.1, 0.15) is 26.2 Å². The van der Waals surface area contributed by atoms with Gasteiger partial charge in [-0.25, -0.2) is 4.79 Å². The van der Waals surface area contributed by atoms with Gasteiger partial charge in [-0.3, -0.25) is 14.5 Å². The fourth-order valence-electron chi connectivity index (χ4n) is 1.31. The minimum absolute atomic E-state index is 0.267. The predicted octanol–water partition coefficient (Wildman–Crippen LogP) is -0.00140. The molecule has 13 heavy (non-hydrogen) atoms. The second kappa shape index (κ2) is 3.55. The van der Waals surface area contributed by atoms with Crippen molar-refractivity contribution in [3.05, 3.63) is 0 Å². The molecule has 1 heterocycles. The summed E-state index contributed by atoms with van der Waals surface area (Å²) in [5.74, 6) is -1.92. The summed E-state index contributed by atoms with van der Waals surface area (Å²) in [6, 6.07) is -1.04. The van der Waals surface area contributed by atoms with Gasteiger partial charge in [-0.15, -0.1) is 0 Å². The fraction of sp³-hybridized carbons (Fsp3) is 0.625. The third-order valence-corrected chi connectivity index (χ3v) is 2.06. The largest absolute Gasteiger partial charge is 0.480 e. The lowest BCUT2D eigenvalue weighted by Crippen LogP contribution is -2.49. The molecule has 1 aliphatic heterocycles. The molecule has 1 unspecified atom stereocenters. The molecule has 5 nitrogen and oxygen atoms in total. The van der Waals surface area contributed by atoms with Gasteiger partial charge in [-0.05, 0) is 13.3 Å². The highest BCUT2D eigenvalue weighted by molar-refractivity contribution is 6.00. The van der Waals surface area contributed by atoms with Crippen molar-refractivity contribution in [3.8, 4) is 0 Å². The smallest absolute Gasteiger partial charge is 0.326 e. The van der Waals surface area contributed by atoms with Crippen molar-refractivity contribution in [2.75, 3.05) is 0 Å². The lowest BCUT2D eigenvalue weighted by molar-refractivity contribution is -0.159. The number of nitrogens with zero attached hydrogens (tertiary/aromatic N) is 1. The number of imide groups is 1. The summed E-state index contributed by atoms with van der Waals surface area (Å²) >= 11 is 0. The summed E-state index contributed by atoms with van der Waals surface area (Å²) in [6.45, 7) is 1.34. The van der Waals surface area contributed by atoms with E-state index < -0.39 is 12.0 Å². The van der Waals surface area contributed by atoms with Gasteiger partial charge in [0.2, 0.25) is 11.8 Å². The van der Waals surface area contributed by atoms with Crippen LogP contribution >= 0.6 is 0 Å². The van der Waals surface area contributed by atoms with Gasteiger partial charge in [0.15, 0.2) is 0 Å². The van der Waals surface area contributed by atoms with Crippen molar-refractivity contribution in [2.45, 2.75) is 32.2 Å². The van der Waals surface area contributed by atoms with Crippen LogP contribution in [-0.2, 0) is 14.4 Å². The number of hydrogen-bond donors (Lipinski definition) is 1. The molecule has 2 amide bonds. The summed E-state index contributed by atoms with van der Waals surface area (Å²) in [5, 5.41) is 8.62. The van der Waals surface area contributed by atoms with Crippen LogP contribution in [0.2, 0.25) is 0 Å². The third kappa shape index (κ3) is 1.85. The molecule has 0 spiro atoms. The van der Waals surface area contributed by atoms with Gasteiger partial charge in [0.05, 0.1) is 0 Å². The highest BCUT2D eigenvalue weighted by Gasteiger charge is 2.33. The molecular formula is C8H11NO4. The zero-order chi connectivity index (χ0) is 10.0. The molecule has 5 heteroatoms. The van der Waals surface area contributed by atoms with E-state index in [1.807, 2.05) is 0 Å². The Bertz CT molecular complexity index is 245. The molecule has 1 atom stereocenters. The van der Waals surface area contributed by atoms with Gasteiger partial charge in [-0.2, -0.15) is 0 Å². The lowest BCUT2D eigenvalue weighted by atomic mass is 10.1. The normalized spacial score (nSPS) is 20.2. The molecule has 0 aliphatic carbocycles. The Balaban J connectivity index is 2.80.